The van der Waals surface area contributed by atoms with Crippen LogP contribution in [-0.2, 0) is 0 Å². The quantitative estimate of drug-likeness (QED) is 0.746. The minimum atomic E-state index is -0.560. The molecule has 0 bridgehead atoms. The van der Waals surface area contributed by atoms with Crippen LogP contribution in [-0.4, -0.2) is 33.3 Å². The maximum atomic E-state index is 10.5. The number of hydrogen-bond donors (Lipinski definition) is 2. The van der Waals surface area contributed by atoms with Gasteiger partial charge in [0, 0.05) is 22.9 Å². The molecule has 2 aromatic heterocycles. The Morgan fingerprint density at radius 3 is 2.85 bits per heavy atom. The number of aliphatic hydroxyl groups is 1. The fourth-order valence-electron chi connectivity index (χ4n) is 3.40. The molecule has 6 nitrogen and oxygen atoms in total. The van der Waals surface area contributed by atoms with Crippen molar-refractivity contribution in [3.05, 3.63) is 35.7 Å². The van der Waals surface area contributed by atoms with Crippen LogP contribution < -0.4 is 9.47 Å². The zero-order chi connectivity index (χ0) is 18.3. The van der Waals surface area contributed by atoms with Gasteiger partial charge in [-0.05, 0) is 31.4 Å². The minimum absolute atomic E-state index is 0.395. The summed E-state index contributed by atoms with van der Waals surface area (Å²) in [4.78, 5) is 12.4. The van der Waals surface area contributed by atoms with Crippen LogP contribution in [0.5, 0.6) is 11.5 Å². The predicted octanol–water partition coefficient (Wildman–Crippen LogP) is 3.78. The first kappa shape index (κ1) is 16.8. The fourth-order valence-corrected chi connectivity index (χ4v) is 3.40. The van der Waals surface area contributed by atoms with Gasteiger partial charge in [-0.25, -0.2) is 9.97 Å². The van der Waals surface area contributed by atoms with Crippen LogP contribution in [0.25, 0.3) is 22.4 Å². The lowest BCUT2D eigenvalue weighted by molar-refractivity contribution is 0.152. The van der Waals surface area contributed by atoms with Crippen LogP contribution in [0.15, 0.2) is 24.5 Å². The van der Waals surface area contributed by atoms with E-state index in [1.165, 1.54) is 0 Å². The number of hydrogen-bond acceptors (Lipinski definition) is 5. The summed E-state index contributed by atoms with van der Waals surface area (Å²) in [6, 6.07) is 3.89. The van der Waals surface area contributed by atoms with Crippen molar-refractivity contribution in [1.29, 1.82) is 0 Å². The first-order valence-corrected chi connectivity index (χ1v) is 8.96. The van der Waals surface area contributed by atoms with Crippen LogP contribution in [0.2, 0.25) is 0 Å². The molecule has 6 heteroatoms. The van der Waals surface area contributed by atoms with E-state index in [0.29, 0.717) is 36.7 Å². The first-order valence-electron chi connectivity index (χ1n) is 8.96. The summed E-state index contributed by atoms with van der Waals surface area (Å²) in [7, 11) is 0. The lowest BCUT2D eigenvalue weighted by Crippen LogP contribution is -2.16. The molecule has 1 atom stereocenters. The largest absolute Gasteiger partial charge is 0.486 e. The van der Waals surface area contributed by atoms with Crippen molar-refractivity contribution < 1.29 is 14.6 Å². The number of aromatic nitrogens is 3. The van der Waals surface area contributed by atoms with Gasteiger partial charge in [-0.2, -0.15) is 0 Å². The highest BCUT2D eigenvalue weighted by molar-refractivity contribution is 5.79. The third kappa shape index (κ3) is 2.90. The van der Waals surface area contributed by atoms with Gasteiger partial charge in [-0.3, -0.25) is 0 Å². The maximum Gasteiger partial charge on any atom is 0.164 e. The monoisotopic (exact) mass is 353 g/mol. The molecule has 0 aliphatic carbocycles. The van der Waals surface area contributed by atoms with Crippen molar-refractivity contribution in [3.63, 3.8) is 0 Å². The third-order valence-electron chi connectivity index (χ3n) is 4.70. The molecule has 0 saturated heterocycles. The second-order valence-corrected chi connectivity index (χ2v) is 7.10. The standard InChI is InChI=1S/C20H23N3O3/c1-11(2)8-16(24)14-9-21-20-18(14)23-15(10-22-20)13-4-5-17-19(12(13)3)26-7-6-25-17/h4-5,9-11,16,24H,6-8H2,1-3H3,(H,21,22). The van der Waals surface area contributed by atoms with Crippen molar-refractivity contribution in [2.24, 2.45) is 5.92 Å². The Balaban J connectivity index is 1.78. The van der Waals surface area contributed by atoms with Gasteiger partial charge in [0.05, 0.1) is 18.0 Å². The molecule has 136 valence electrons. The van der Waals surface area contributed by atoms with Crippen LogP contribution in [0.3, 0.4) is 0 Å². The highest BCUT2D eigenvalue weighted by Crippen LogP contribution is 2.39. The molecular weight excluding hydrogens is 330 g/mol. The molecule has 1 aliphatic rings. The second kappa shape index (κ2) is 6.61. The van der Waals surface area contributed by atoms with Gasteiger partial charge >= 0.3 is 0 Å². The third-order valence-corrected chi connectivity index (χ3v) is 4.70. The average molecular weight is 353 g/mol. The molecule has 1 unspecified atom stereocenters. The molecule has 1 aliphatic heterocycles. The van der Waals surface area contributed by atoms with Crippen LogP contribution in [0, 0.1) is 12.8 Å². The summed E-state index contributed by atoms with van der Waals surface area (Å²) in [5, 5.41) is 10.5. The lowest BCUT2D eigenvalue weighted by atomic mass is 10.0. The van der Waals surface area contributed by atoms with Crippen molar-refractivity contribution in [1.82, 2.24) is 15.0 Å². The topological polar surface area (TPSA) is 80.3 Å². The Labute approximate surface area is 152 Å². The number of rotatable bonds is 4. The van der Waals surface area contributed by atoms with E-state index in [-0.39, 0.29) is 0 Å². The molecule has 4 rings (SSSR count). The van der Waals surface area contributed by atoms with Crippen molar-refractivity contribution in [2.45, 2.75) is 33.3 Å². The van der Waals surface area contributed by atoms with E-state index in [0.717, 1.165) is 33.9 Å². The number of fused-ring (bicyclic) bond motifs is 2. The highest BCUT2D eigenvalue weighted by atomic mass is 16.6. The number of nitrogens with zero attached hydrogens (tertiary/aromatic N) is 2. The zero-order valence-corrected chi connectivity index (χ0v) is 15.2. The Morgan fingerprint density at radius 2 is 2.04 bits per heavy atom. The van der Waals surface area contributed by atoms with Gasteiger partial charge in [-0.15, -0.1) is 0 Å². The molecule has 26 heavy (non-hydrogen) atoms. The summed E-state index contributed by atoms with van der Waals surface area (Å²) in [5.74, 6) is 1.93. The summed E-state index contributed by atoms with van der Waals surface area (Å²) < 4.78 is 11.4. The fraction of sp³-hybridized carbons (Fsp3) is 0.400. The van der Waals surface area contributed by atoms with E-state index in [2.05, 4.69) is 23.8 Å². The highest BCUT2D eigenvalue weighted by Gasteiger charge is 2.20. The molecule has 0 fully saturated rings. The van der Waals surface area contributed by atoms with Gasteiger partial charge in [-0.1, -0.05) is 13.8 Å². The molecule has 2 N–H and O–H groups in total. The maximum absolute atomic E-state index is 10.5. The van der Waals surface area contributed by atoms with Gasteiger partial charge < -0.3 is 19.6 Å². The van der Waals surface area contributed by atoms with Gasteiger partial charge in [0.1, 0.15) is 18.7 Å². The van der Waals surface area contributed by atoms with Crippen molar-refractivity contribution >= 4 is 11.2 Å². The molecule has 1 aromatic carbocycles. The van der Waals surface area contributed by atoms with E-state index in [9.17, 15) is 5.11 Å². The number of nitrogens with one attached hydrogen (secondary N) is 1. The van der Waals surface area contributed by atoms with E-state index in [1.54, 1.807) is 12.4 Å². The predicted molar refractivity (Wildman–Crippen MR) is 99.5 cm³/mol. The number of aliphatic hydroxyl groups excluding tert-OH is 1. The van der Waals surface area contributed by atoms with E-state index < -0.39 is 6.10 Å². The normalized spacial score (nSPS) is 14.8. The SMILES string of the molecule is Cc1c(-c2cnc3[nH]cc(C(O)CC(C)C)c3n2)ccc2c1OCCO2. The molecular formula is C20H23N3O3. The molecule has 0 spiro atoms. The zero-order valence-electron chi connectivity index (χ0n) is 15.2. The second-order valence-electron chi connectivity index (χ2n) is 7.10. The van der Waals surface area contributed by atoms with E-state index >= 15 is 0 Å². The number of aromatic amines is 1. The summed E-state index contributed by atoms with van der Waals surface area (Å²) >= 11 is 0. The van der Waals surface area contributed by atoms with Gasteiger partial charge in [0.15, 0.2) is 17.1 Å². The van der Waals surface area contributed by atoms with Crippen LogP contribution in [0.1, 0.15) is 37.5 Å². The van der Waals surface area contributed by atoms with E-state index in [4.69, 9.17) is 14.5 Å². The van der Waals surface area contributed by atoms with Gasteiger partial charge in [0.25, 0.3) is 0 Å². The van der Waals surface area contributed by atoms with Crippen molar-refractivity contribution in [2.75, 3.05) is 13.2 Å². The lowest BCUT2D eigenvalue weighted by Gasteiger charge is -2.21. The van der Waals surface area contributed by atoms with Crippen molar-refractivity contribution in [3.8, 4) is 22.8 Å². The Kier molecular flexibility index (Phi) is 4.28. The summed E-state index contributed by atoms with van der Waals surface area (Å²) in [6.07, 6.45) is 3.67. The molecule has 0 saturated carbocycles. The Hall–Kier alpha value is -2.60. The minimum Gasteiger partial charge on any atom is -0.486 e. The van der Waals surface area contributed by atoms with Crippen LogP contribution >= 0.6 is 0 Å². The first-order chi connectivity index (χ1) is 12.5. The smallest absolute Gasteiger partial charge is 0.164 e. The number of H-pyrrole nitrogens is 1. The molecule has 3 aromatic rings. The summed E-state index contributed by atoms with van der Waals surface area (Å²) in [6.45, 7) is 7.30. The average Bonchev–Trinajstić information content (AvgIpc) is 3.05. The summed E-state index contributed by atoms with van der Waals surface area (Å²) in [5.41, 5.74) is 4.87. The number of benzene rings is 1. The van der Waals surface area contributed by atoms with E-state index in [1.807, 2.05) is 19.1 Å². The molecule has 0 amide bonds. The molecule has 0 radical (unpaired) electrons. The number of ether oxygens (including phenoxy) is 2. The Bertz CT molecular complexity index is 949. The Morgan fingerprint density at radius 1 is 1.23 bits per heavy atom. The van der Waals surface area contributed by atoms with Crippen LogP contribution in [0.4, 0.5) is 0 Å². The van der Waals surface area contributed by atoms with Gasteiger partial charge in [0.2, 0.25) is 0 Å². The molecule has 3 heterocycles.